The van der Waals surface area contributed by atoms with Gasteiger partial charge in [0.05, 0.1) is 16.7 Å². The molecular weight excluding hydrogens is 602 g/mol. The van der Waals surface area contributed by atoms with E-state index < -0.39 is 51.2 Å². The molecule has 2 aliphatic heterocycles. The number of hydrogen-bond donors (Lipinski definition) is 6. The maximum absolute atomic E-state index is 13.3. The fourth-order valence-corrected chi connectivity index (χ4v) is 6.03. The Morgan fingerprint density at radius 2 is 1.60 bits per heavy atom. The molecule has 0 bridgehead atoms. The first-order valence-corrected chi connectivity index (χ1v) is 16.4. The number of aryl methyl sites for hydroxylation is 2. The van der Waals surface area contributed by atoms with Crippen LogP contribution in [0.5, 0.6) is 0 Å². The second-order valence-corrected chi connectivity index (χ2v) is 13.3. The molecule has 1 unspecified atom stereocenters. The predicted molar refractivity (Wildman–Crippen MR) is 165 cm³/mol. The van der Waals surface area contributed by atoms with Crippen molar-refractivity contribution >= 4 is 33.9 Å². The number of nitrogens with one attached hydrogen (secondary N) is 4. The first-order valence-electron chi connectivity index (χ1n) is 15.0. The number of imide groups is 1. The van der Waals surface area contributed by atoms with E-state index in [0.717, 1.165) is 22.6 Å². The average molecular weight is 646 g/mol. The molecule has 0 radical (unpaired) electrons. The number of nitrogens with zero attached hydrogens (tertiary/aromatic N) is 1. The van der Waals surface area contributed by atoms with Crippen molar-refractivity contribution in [2.24, 2.45) is 17.8 Å². The van der Waals surface area contributed by atoms with Crippen LogP contribution in [0.2, 0.25) is 0 Å². The molecule has 45 heavy (non-hydrogen) atoms. The number of hydrazine groups is 1. The number of carbonyl (C=O) groups is 4. The lowest BCUT2D eigenvalue weighted by Crippen LogP contribution is -2.55. The largest absolute Gasteiger partial charge is 0.344 e. The minimum Gasteiger partial charge on any atom is -0.321 e. The summed E-state index contributed by atoms with van der Waals surface area (Å²) in [5.41, 5.74) is 5.22. The molecular formula is C31H43N5O8S. The lowest BCUT2D eigenvalue weighted by Gasteiger charge is -2.31. The summed E-state index contributed by atoms with van der Waals surface area (Å²) in [4.78, 5) is 51.5. The summed E-state index contributed by atoms with van der Waals surface area (Å²) in [5, 5.41) is 16.0. The molecule has 2 fully saturated rings. The summed E-state index contributed by atoms with van der Waals surface area (Å²) in [6, 6.07) is 15.1. The molecule has 2 atom stereocenters. The van der Waals surface area contributed by atoms with Crippen LogP contribution in [0.25, 0.3) is 0 Å². The average Bonchev–Trinajstić information content (AvgIpc) is 3.22. The van der Waals surface area contributed by atoms with Crippen molar-refractivity contribution in [3.8, 4) is 0 Å². The maximum atomic E-state index is 13.3. The predicted octanol–water partition coefficient (Wildman–Crippen LogP) is 2.74. The van der Waals surface area contributed by atoms with Gasteiger partial charge in [-0.1, -0.05) is 61.9 Å². The fraction of sp³-hybridized carbons (Fsp3) is 0.484. The topological polar surface area (TPSA) is 194 Å². The van der Waals surface area contributed by atoms with Crippen LogP contribution in [-0.4, -0.2) is 65.6 Å². The molecule has 6 N–H and O–H groups in total. The molecule has 5 amide bonds. The first kappa shape index (κ1) is 35.6. The molecule has 0 aromatic heterocycles. The third-order valence-corrected chi connectivity index (χ3v) is 8.85. The van der Waals surface area contributed by atoms with E-state index in [1.807, 2.05) is 51.1 Å². The van der Waals surface area contributed by atoms with Crippen molar-refractivity contribution in [2.45, 2.75) is 69.7 Å². The quantitative estimate of drug-likeness (QED) is 0.0922. The van der Waals surface area contributed by atoms with Crippen LogP contribution in [0.3, 0.4) is 0 Å². The van der Waals surface area contributed by atoms with Gasteiger partial charge in [0, 0.05) is 0 Å². The summed E-state index contributed by atoms with van der Waals surface area (Å²) in [6.45, 7) is 6.87. The summed E-state index contributed by atoms with van der Waals surface area (Å²) >= 11 is 0. The normalized spacial score (nSPS) is 17.2. The van der Waals surface area contributed by atoms with Gasteiger partial charge in [-0.25, -0.2) is 10.3 Å². The smallest absolute Gasteiger partial charge is 0.321 e. The lowest BCUT2D eigenvalue weighted by atomic mass is 9.81. The van der Waals surface area contributed by atoms with E-state index in [4.69, 9.17) is 4.55 Å². The highest BCUT2D eigenvalue weighted by Gasteiger charge is 2.52. The van der Waals surface area contributed by atoms with Crippen molar-refractivity contribution in [3.63, 3.8) is 0 Å². The number of amides is 5. The molecule has 2 aromatic rings. The highest BCUT2D eigenvalue weighted by molar-refractivity contribution is 7.85. The SMILES string of the molecule is CC(C)CC(C(=O)NN1C(=O)NC2(CCNCC2)C1=O)[C@@H](CCCc1ccccc1)C(=O)NO.Cc1ccc(S(=O)(=O)O)cc1. The molecule has 14 heteroatoms. The van der Waals surface area contributed by atoms with Crippen LogP contribution in [0.4, 0.5) is 4.79 Å². The molecule has 13 nitrogen and oxygen atoms in total. The van der Waals surface area contributed by atoms with Crippen LogP contribution in [0.1, 0.15) is 57.1 Å². The van der Waals surface area contributed by atoms with Crippen LogP contribution < -0.4 is 21.5 Å². The van der Waals surface area contributed by atoms with Crippen LogP contribution in [0.15, 0.2) is 59.5 Å². The number of rotatable bonds is 11. The molecule has 2 saturated heterocycles. The van der Waals surface area contributed by atoms with E-state index in [-0.39, 0.29) is 10.8 Å². The van der Waals surface area contributed by atoms with Crippen LogP contribution in [-0.2, 0) is 30.9 Å². The number of hydrogen-bond acceptors (Lipinski definition) is 8. The van der Waals surface area contributed by atoms with Crippen molar-refractivity contribution in [2.75, 3.05) is 13.1 Å². The Hall–Kier alpha value is -3.85. The van der Waals surface area contributed by atoms with Gasteiger partial charge in [0.25, 0.3) is 16.0 Å². The summed E-state index contributed by atoms with van der Waals surface area (Å²) in [7, 11) is -4.02. The fourth-order valence-electron chi connectivity index (χ4n) is 5.55. The Bertz CT molecular complexity index is 1430. The second-order valence-electron chi connectivity index (χ2n) is 11.9. The van der Waals surface area contributed by atoms with E-state index in [1.54, 1.807) is 17.6 Å². The monoisotopic (exact) mass is 645 g/mol. The number of hydroxylamine groups is 1. The van der Waals surface area contributed by atoms with Crippen LogP contribution in [0, 0.1) is 24.7 Å². The van der Waals surface area contributed by atoms with Gasteiger partial charge in [0.2, 0.25) is 11.8 Å². The molecule has 4 rings (SSSR count). The minimum absolute atomic E-state index is 0.0666. The van der Waals surface area contributed by atoms with Crippen LogP contribution >= 0.6 is 0 Å². The highest BCUT2D eigenvalue weighted by Crippen LogP contribution is 2.29. The van der Waals surface area contributed by atoms with Gasteiger partial charge >= 0.3 is 6.03 Å². The highest BCUT2D eigenvalue weighted by atomic mass is 32.2. The van der Waals surface area contributed by atoms with Gasteiger partial charge in [-0.3, -0.25) is 29.6 Å². The Labute approximate surface area is 263 Å². The van der Waals surface area contributed by atoms with E-state index in [0.29, 0.717) is 45.2 Å². The van der Waals surface area contributed by atoms with Crippen molar-refractivity contribution < 1.29 is 37.4 Å². The lowest BCUT2D eigenvalue weighted by molar-refractivity contribution is -0.146. The summed E-state index contributed by atoms with van der Waals surface area (Å²) in [5.74, 6) is -3.30. The molecule has 0 saturated carbocycles. The van der Waals surface area contributed by atoms with Gasteiger partial charge in [-0.05, 0) is 82.2 Å². The van der Waals surface area contributed by atoms with E-state index >= 15 is 0 Å². The summed E-state index contributed by atoms with van der Waals surface area (Å²) < 4.78 is 29.6. The Morgan fingerprint density at radius 3 is 2.16 bits per heavy atom. The van der Waals surface area contributed by atoms with Gasteiger partial charge in [-0.15, -0.1) is 0 Å². The zero-order chi connectivity index (χ0) is 33.2. The number of benzene rings is 2. The molecule has 2 heterocycles. The first-order chi connectivity index (χ1) is 21.3. The minimum atomic E-state index is -4.02. The summed E-state index contributed by atoms with van der Waals surface area (Å²) in [6.07, 6.45) is 2.94. The molecule has 2 aromatic carbocycles. The maximum Gasteiger partial charge on any atom is 0.344 e. The number of urea groups is 1. The zero-order valence-corrected chi connectivity index (χ0v) is 26.6. The van der Waals surface area contributed by atoms with Crippen molar-refractivity contribution in [3.05, 3.63) is 65.7 Å². The van der Waals surface area contributed by atoms with E-state index in [2.05, 4.69) is 16.1 Å². The zero-order valence-electron chi connectivity index (χ0n) is 25.8. The van der Waals surface area contributed by atoms with E-state index in [9.17, 15) is 32.8 Å². The number of carbonyl (C=O) groups excluding carboxylic acids is 4. The van der Waals surface area contributed by atoms with Gasteiger partial charge in [0.1, 0.15) is 5.54 Å². The Balaban J connectivity index is 0.000000423. The number of piperidine rings is 1. The Morgan fingerprint density at radius 1 is 0.978 bits per heavy atom. The molecule has 246 valence electrons. The van der Waals surface area contributed by atoms with Crippen molar-refractivity contribution in [1.82, 2.24) is 26.5 Å². The molecule has 2 aliphatic rings. The third kappa shape index (κ3) is 9.82. The van der Waals surface area contributed by atoms with Crippen molar-refractivity contribution in [1.29, 1.82) is 0 Å². The van der Waals surface area contributed by atoms with E-state index in [1.165, 1.54) is 12.1 Å². The Kier molecular flexibility index (Phi) is 12.6. The standard InChI is InChI=1S/C24H35N5O5.C7H8O3S/c1-16(2)15-19(18(21(31)28-34)10-6-9-17-7-4-3-5-8-17)20(30)27-29-22(32)24(26-23(29)33)11-13-25-14-12-24;1-6-2-4-7(5-3-6)11(8,9)10/h3-5,7-8,16,18-19,25,34H,6,9-15H2,1-2H3,(H,26,33)(H,27,30)(H,28,31);2-5H,1H3,(H,8,9,10)/t18-,19?;/m1./s1. The second kappa shape index (κ2) is 15.9. The molecule has 0 aliphatic carbocycles. The molecule has 1 spiro atoms. The third-order valence-electron chi connectivity index (χ3n) is 7.98. The van der Waals surface area contributed by atoms with Gasteiger partial charge < -0.3 is 10.6 Å². The van der Waals surface area contributed by atoms with Gasteiger partial charge in [-0.2, -0.15) is 13.4 Å². The van der Waals surface area contributed by atoms with Gasteiger partial charge in [0.15, 0.2) is 0 Å².